The predicted octanol–water partition coefficient (Wildman–Crippen LogP) is 3.38. The van der Waals surface area contributed by atoms with E-state index in [2.05, 4.69) is 0 Å². The fraction of sp³-hybridized carbons (Fsp3) is 0.625. The number of hydrogen-bond donors (Lipinski definition) is 1. The van der Waals surface area contributed by atoms with Gasteiger partial charge in [0, 0.05) is 11.0 Å². The molecular weight excluding hydrogens is 300 g/mol. The summed E-state index contributed by atoms with van der Waals surface area (Å²) in [6, 6.07) is 5.57. The van der Waals surface area contributed by atoms with Crippen molar-refractivity contribution >= 4 is 18.7 Å². The van der Waals surface area contributed by atoms with Crippen LogP contribution in [-0.2, 0) is 9.31 Å². The van der Waals surface area contributed by atoms with E-state index in [-0.39, 0.29) is 17.1 Å². The van der Waals surface area contributed by atoms with Crippen LogP contribution in [-0.4, -0.2) is 30.9 Å². The minimum atomic E-state index is -0.403. The van der Waals surface area contributed by atoms with E-state index in [0.717, 1.165) is 11.3 Å². The fourth-order valence-corrected chi connectivity index (χ4v) is 2.51. The average Bonchev–Trinajstić information content (AvgIpc) is 2.61. The van der Waals surface area contributed by atoms with Crippen molar-refractivity contribution in [1.82, 2.24) is 0 Å². The van der Waals surface area contributed by atoms with Crippen molar-refractivity contribution in [3.05, 3.63) is 28.8 Å². The highest BCUT2D eigenvalue weighted by atomic mass is 35.5. The van der Waals surface area contributed by atoms with Crippen LogP contribution in [0.5, 0.6) is 5.75 Å². The van der Waals surface area contributed by atoms with E-state index in [4.69, 9.17) is 31.4 Å². The highest BCUT2D eigenvalue weighted by Gasteiger charge is 2.52. The molecule has 0 radical (unpaired) electrons. The van der Waals surface area contributed by atoms with Gasteiger partial charge < -0.3 is 19.8 Å². The van der Waals surface area contributed by atoms with Crippen LogP contribution in [0.15, 0.2) is 18.2 Å². The number of hydrogen-bond acceptors (Lipinski definition) is 4. The first kappa shape index (κ1) is 17.6. The molecule has 0 amide bonds. The summed E-state index contributed by atoms with van der Waals surface area (Å²) >= 11 is 5.93. The molecule has 1 saturated heterocycles. The van der Waals surface area contributed by atoms with Crippen molar-refractivity contribution in [2.45, 2.75) is 58.2 Å². The first-order valence-electron chi connectivity index (χ1n) is 7.62. The first-order valence-corrected chi connectivity index (χ1v) is 8.00. The Morgan fingerprint density at radius 3 is 2.36 bits per heavy atom. The van der Waals surface area contributed by atoms with Gasteiger partial charge in [-0.3, -0.25) is 0 Å². The van der Waals surface area contributed by atoms with Gasteiger partial charge in [-0.1, -0.05) is 11.6 Å². The monoisotopic (exact) mass is 325 g/mol. The molecule has 1 aliphatic rings. The van der Waals surface area contributed by atoms with E-state index >= 15 is 0 Å². The normalized spacial score (nSPS) is 21.0. The van der Waals surface area contributed by atoms with Crippen LogP contribution in [0.25, 0.3) is 0 Å². The van der Waals surface area contributed by atoms with Crippen molar-refractivity contribution in [2.24, 2.45) is 5.73 Å². The lowest BCUT2D eigenvalue weighted by molar-refractivity contribution is 0.00578. The highest BCUT2D eigenvalue weighted by Crippen LogP contribution is 2.37. The average molecular weight is 326 g/mol. The molecule has 1 heterocycles. The van der Waals surface area contributed by atoms with Crippen LogP contribution < -0.4 is 10.5 Å². The molecule has 0 aromatic heterocycles. The molecule has 2 N–H and O–H groups in total. The van der Waals surface area contributed by atoms with E-state index in [9.17, 15) is 0 Å². The smallest absolute Gasteiger partial charge is 0.475 e. The number of halogens is 1. The molecule has 0 saturated carbocycles. The van der Waals surface area contributed by atoms with Gasteiger partial charge >= 0.3 is 7.12 Å². The van der Waals surface area contributed by atoms with Gasteiger partial charge in [0.2, 0.25) is 0 Å². The Kier molecular flexibility index (Phi) is 5.12. The topological polar surface area (TPSA) is 53.7 Å². The van der Waals surface area contributed by atoms with Gasteiger partial charge in [-0.05, 0) is 64.8 Å². The highest BCUT2D eigenvalue weighted by molar-refractivity contribution is 6.47. The minimum Gasteiger partial charge on any atom is -0.493 e. The van der Waals surface area contributed by atoms with Crippen molar-refractivity contribution in [3.63, 3.8) is 0 Å². The van der Waals surface area contributed by atoms with Crippen LogP contribution in [0.3, 0.4) is 0 Å². The Hall–Kier alpha value is -0.745. The van der Waals surface area contributed by atoms with E-state index in [1.54, 1.807) is 0 Å². The van der Waals surface area contributed by atoms with Crippen LogP contribution in [0.2, 0.25) is 5.02 Å². The molecule has 122 valence electrons. The number of ether oxygens (including phenoxy) is 1. The summed E-state index contributed by atoms with van der Waals surface area (Å²) < 4.78 is 17.7. The minimum absolute atomic E-state index is 0.228. The maximum Gasteiger partial charge on any atom is 0.475 e. The van der Waals surface area contributed by atoms with Crippen LogP contribution in [0, 0.1) is 6.92 Å². The van der Waals surface area contributed by atoms with Crippen molar-refractivity contribution < 1.29 is 14.0 Å². The lowest BCUT2D eigenvalue weighted by Gasteiger charge is -2.32. The zero-order chi connectivity index (χ0) is 16.5. The first-order chi connectivity index (χ1) is 10.1. The van der Waals surface area contributed by atoms with Crippen molar-refractivity contribution in [1.29, 1.82) is 0 Å². The van der Waals surface area contributed by atoms with E-state index in [0.29, 0.717) is 18.1 Å². The quantitative estimate of drug-likeness (QED) is 0.843. The van der Waals surface area contributed by atoms with Gasteiger partial charge in [-0.25, -0.2) is 0 Å². The molecule has 22 heavy (non-hydrogen) atoms. The molecular formula is C16H25BClNO3. The Bertz CT molecular complexity index is 520. The van der Waals surface area contributed by atoms with E-state index in [1.807, 2.05) is 52.8 Å². The van der Waals surface area contributed by atoms with Crippen LogP contribution in [0.1, 0.15) is 39.7 Å². The molecule has 1 aliphatic heterocycles. The molecule has 1 fully saturated rings. The number of nitrogens with two attached hydrogens (primary N) is 1. The molecule has 6 heteroatoms. The van der Waals surface area contributed by atoms with Gasteiger partial charge in [0.1, 0.15) is 5.75 Å². The summed E-state index contributed by atoms with van der Waals surface area (Å²) in [6.07, 6.45) is 0.652. The third kappa shape index (κ3) is 3.77. The third-order valence-corrected chi connectivity index (χ3v) is 4.70. The summed E-state index contributed by atoms with van der Waals surface area (Å²) in [5, 5.41) is 0.707. The lowest BCUT2D eigenvalue weighted by Crippen LogP contribution is -2.42. The van der Waals surface area contributed by atoms with Gasteiger partial charge in [-0.2, -0.15) is 0 Å². The Morgan fingerprint density at radius 2 is 1.82 bits per heavy atom. The number of benzene rings is 1. The maximum absolute atomic E-state index is 6.20. The van der Waals surface area contributed by atoms with Crippen LogP contribution >= 0.6 is 11.6 Å². The second-order valence-corrected chi connectivity index (χ2v) is 7.27. The van der Waals surface area contributed by atoms with Crippen molar-refractivity contribution in [3.8, 4) is 5.75 Å². The number of rotatable bonds is 5. The van der Waals surface area contributed by atoms with Gasteiger partial charge in [0.25, 0.3) is 0 Å². The molecule has 4 nitrogen and oxygen atoms in total. The largest absolute Gasteiger partial charge is 0.493 e. The van der Waals surface area contributed by atoms with Crippen molar-refractivity contribution in [2.75, 3.05) is 6.61 Å². The summed E-state index contributed by atoms with van der Waals surface area (Å²) in [5.41, 5.74) is 6.49. The summed E-state index contributed by atoms with van der Waals surface area (Å²) in [7, 11) is -0.403. The third-order valence-electron chi connectivity index (χ3n) is 4.47. The van der Waals surface area contributed by atoms with Gasteiger partial charge in [0.15, 0.2) is 0 Å². The standard InChI is InChI=1S/C16H25BClNO3/c1-11-10-12(18)6-7-13(11)20-9-8-14(19)17-21-15(2,3)16(4,5)22-17/h6-7,10,14H,8-9,19H2,1-5H3. The Labute approximate surface area is 138 Å². The molecule has 1 unspecified atom stereocenters. The predicted molar refractivity (Wildman–Crippen MR) is 90.4 cm³/mol. The molecule has 0 aliphatic carbocycles. The molecule has 2 rings (SSSR count). The SMILES string of the molecule is Cc1cc(Cl)ccc1OCCC(N)B1OC(C)(C)C(C)(C)O1. The van der Waals surface area contributed by atoms with E-state index < -0.39 is 7.12 Å². The molecule has 1 aromatic rings. The molecule has 1 aromatic carbocycles. The summed E-state index contributed by atoms with van der Waals surface area (Å²) in [4.78, 5) is 0. The Morgan fingerprint density at radius 1 is 1.23 bits per heavy atom. The molecule has 1 atom stereocenters. The van der Waals surface area contributed by atoms with Gasteiger partial charge in [0.05, 0.1) is 17.8 Å². The number of aryl methyl sites for hydroxylation is 1. The second kappa shape index (κ2) is 6.40. The zero-order valence-electron chi connectivity index (χ0n) is 14.0. The second-order valence-electron chi connectivity index (χ2n) is 6.84. The molecule has 0 spiro atoms. The summed E-state index contributed by atoms with van der Waals surface area (Å²) in [6.45, 7) is 10.6. The Balaban J connectivity index is 1.85. The maximum atomic E-state index is 6.20. The van der Waals surface area contributed by atoms with E-state index in [1.165, 1.54) is 0 Å². The van der Waals surface area contributed by atoms with Crippen LogP contribution in [0.4, 0.5) is 0 Å². The lowest BCUT2D eigenvalue weighted by atomic mass is 9.77. The zero-order valence-corrected chi connectivity index (χ0v) is 14.7. The van der Waals surface area contributed by atoms with Gasteiger partial charge in [-0.15, -0.1) is 0 Å². The molecule has 0 bridgehead atoms. The fourth-order valence-electron chi connectivity index (χ4n) is 2.28. The summed E-state index contributed by atoms with van der Waals surface area (Å²) in [5.74, 6) is 0.596.